The van der Waals surface area contributed by atoms with Crippen molar-refractivity contribution in [3.05, 3.63) is 0 Å². The molecule has 0 radical (unpaired) electrons. The highest BCUT2D eigenvalue weighted by Crippen LogP contribution is 2.08. The smallest absolute Gasteiger partial charge is 0.0533 e. The standard InChI is InChI=1S/C11H24.3HI/c1-3-5-7-9-11-10-8-6-4-2;;;/h3-11H2,1-2H3;3*1H. The van der Waals surface area contributed by atoms with Crippen molar-refractivity contribution in [3.8, 4) is 0 Å². The van der Waals surface area contributed by atoms with Gasteiger partial charge in [0.2, 0.25) is 0 Å². The molecule has 14 heavy (non-hydrogen) atoms. The van der Waals surface area contributed by atoms with Crippen molar-refractivity contribution < 1.29 is 0 Å². The molecule has 92 valence electrons. The molecule has 0 aromatic heterocycles. The van der Waals surface area contributed by atoms with Crippen molar-refractivity contribution in [2.45, 2.75) is 71.6 Å². The van der Waals surface area contributed by atoms with E-state index in [0.29, 0.717) is 0 Å². The van der Waals surface area contributed by atoms with Crippen LogP contribution in [-0.2, 0) is 0 Å². The van der Waals surface area contributed by atoms with Crippen LogP contribution < -0.4 is 0 Å². The van der Waals surface area contributed by atoms with E-state index >= 15 is 0 Å². The second kappa shape index (κ2) is 24.4. The molecule has 0 aliphatic heterocycles. The van der Waals surface area contributed by atoms with Crippen LogP contribution in [0, 0.1) is 0 Å². The number of rotatable bonds is 8. The number of halogens is 3. The lowest BCUT2D eigenvalue weighted by atomic mass is 10.1. The lowest BCUT2D eigenvalue weighted by molar-refractivity contribution is 0.572. The Morgan fingerprint density at radius 3 is 0.857 bits per heavy atom. The summed E-state index contributed by atoms with van der Waals surface area (Å²) in [6.07, 6.45) is 13.0. The van der Waals surface area contributed by atoms with Gasteiger partial charge in [-0.1, -0.05) is 71.6 Å². The predicted octanol–water partition coefficient (Wildman–Crippen LogP) is 6.39. The molecule has 0 aromatic carbocycles. The van der Waals surface area contributed by atoms with E-state index in [2.05, 4.69) is 13.8 Å². The average Bonchev–Trinajstić information content (AvgIpc) is 2.03. The van der Waals surface area contributed by atoms with Crippen LogP contribution >= 0.6 is 71.9 Å². The Morgan fingerprint density at radius 2 is 0.643 bits per heavy atom. The molecule has 0 rings (SSSR count). The summed E-state index contributed by atoms with van der Waals surface area (Å²) >= 11 is 0. The number of hydrogen-bond acceptors (Lipinski definition) is 0. The molecular weight excluding hydrogens is 513 g/mol. The monoisotopic (exact) mass is 540 g/mol. The van der Waals surface area contributed by atoms with Crippen LogP contribution in [0.15, 0.2) is 0 Å². The second-order valence-corrected chi connectivity index (χ2v) is 3.47. The van der Waals surface area contributed by atoms with Crippen molar-refractivity contribution in [3.63, 3.8) is 0 Å². The van der Waals surface area contributed by atoms with Gasteiger partial charge in [0.1, 0.15) is 0 Å². The van der Waals surface area contributed by atoms with E-state index in [1.165, 1.54) is 57.8 Å². The third-order valence-corrected chi connectivity index (χ3v) is 2.21. The number of unbranched alkanes of at least 4 members (excludes halogenated alkanes) is 8. The maximum Gasteiger partial charge on any atom is -0.0533 e. The van der Waals surface area contributed by atoms with E-state index in [0.717, 1.165) is 0 Å². The Kier molecular flexibility index (Phi) is 43.9. The fourth-order valence-corrected chi connectivity index (χ4v) is 1.38. The minimum atomic E-state index is 0. The molecule has 3 heteroatoms. The fraction of sp³-hybridized carbons (Fsp3) is 1.00. The van der Waals surface area contributed by atoms with Crippen LogP contribution in [0.25, 0.3) is 0 Å². The first-order valence-corrected chi connectivity index (χ1v) is 5.41. The van der Waals surface area contributed by atoms with Gasteiger partial charge in [-0.25, -0.2) is 0 Å². The number of hydrogen-bond donors (Lipinski definition) is 0. The van der Waals surface area contributed by atoms with Crippen molar-refractivity contribution in [1.29, 1.82) is 0 Å². The third kappa shape index (κ3) is 23.8. The van der Waals surface area contributed by atoms with Crippen LogP contribution in [-0.4, -0.2) is 0 Å². The van der Waals surface area contributed by atoms with Gasteiger partial charge in [0.15, 0.2) is 0 Å². The average molecular weight is 540 g/mol. The van der Waals surface area contributed by atoms with Crippen molar-refractivity contribution in [1.82, 2.24) is 0 Å². The van der Waals surface area contributed by atoms with Gasteiger partial charge in [0, 0.05) is 0 Å². The molecule has 0 heterocycles. The van der Waals surface area contributed by atoms with Crippen molar-refractivity contribution in [2.75, 3.05) is 0 Å². The topological polar surface area (TPSA) is 0 Å². The molecule has 0 nitrogen and oxygen atoms in total. The quantitative estimate of drug-likeness (QED) is 0.248. The van der Waals surface area contributed by atoms with Gasteiger partial charge in [-0.2, -0.15) is 0 Å². The zero-order valence-corrected chi connectivity index (χ0v) is 16.6. The van der Waals surface area contributed by atoms with E-state index in [4.69, 9.17) is 0 Å². The van der Waals surface area contributed by atoms with Gasteiger partial charge in [-0.3, -0.25) is 0 Å². The minimum Gasteiger partial charge on any atom is -0.107 e. The molecule has 0 fully saturated rings. The fourth-order valence-electron chi connectivity index (χ4n) is 1.38. The summed E-state index contributed by atoms with van der Waals surface area (Å²) < 4.78 is 0. The van der Waals surface area contributed by atoms with Gasteiger partial charge in [0.25, 0.3) is 0 Å². The summed E-state index contributed by atoms with van der Waals surface area (Å²) in [5.41, 5.74) is 0. The normalized spacial score (nSPS) is 8.14. The van der Waals surface area contributed by atoms with Gasteiger partial charge < -0.3 is 0 Å². The molecule has 0 spiro atoms. The Balaban J connectivity index is -0.000000167. The molecular formula is C11H27I3. The summed E-state index contributed by atoms with van der Waals surface area (Å²) in [5, 5.41) is 0. The van der Waals surface area contributed by atoms with Crippen molar-refractivity contribution >= 4 is 71.9 Å². The lowest BCUT2D eigenvalue weighted by Crippen LogP contribution is -1.79. The summed E-state index contributed by atoms with van der Waals surface area (Å²) in [4.78, 5) is 0. The predicted molar refractivity (Wildman–Crippen MR) is 99.1 cm³/mol. The largest absolute Gasteiger partial charge is 0.107 e. The lowest BCUT2D eigenvalue weighted by Gasteiger charge is -1.98. The van der Waals surface area contributed by atoms with Gasteiger partial charge in [0.05, 0.1) is 0 Å². The summed E-state index contributed by atoms with van der Waals surface area (Å²) in [6.45, 7) is 4.55. The molecule has 0 aliphatic carbocycles. The first-order valence-electron chi connectivity index (χ1n) is 5.41. The summed E-state index contributed by atoms with van der Waals surface area (Å²) in [7, 11) is 0. The van der Waals surface area contributed by atoms with E-state index in [1.54, 1.807) is 0 Å². The Labute approximate surface area is 142 Å². The van der Waals surface area contributed by atoms with E-state index in [9.17, 15) is 0 Å². The molecule has 0 saturated heterocycles. The maximum atomic E-state index is 2.27. The first-order chi connectivity index (χ1) is 5.41. The Hall–Kier alpha value is 2.19. The van der Waals surface area contributed by atoms with Crippen molar-refractivity contribution in [2.24, 2.45) is 0 Å². The summed E-state index contributed by atoms with van der Waals surface area (Å²) in [6, 6.07) is 0. The molecule has 0 aromatic rings. The van der Waals surface area contributed by atoms with Gasteiger partial charge in [-0.15, -0.1) is 71.9 Å². The SMILES string of the molecule is CCCCCCCCCCC.I.I.I. The van der Waals surface area contributed by atoms with E-state index in [-0.39, 0.29) is 71.9 Å². The van der Waals surface area contributed by atoms with E-state index < -0.39 is 0 Å². The van der Waals surface area contributed by atoms with Crippen LogP contribution in [0.4, 0.5) is 0 Å². The maximum absolute atomic E-state index is 2.27. The summed E-state index contributed by atoms with van der Waals surface area (Å²) in [5.74, 6) is 0. The molecule has 0 atom stereocenters. The third-order valence-electron chi connectivity index (χ3n) is 2.21. The molecule has 0 unspecified atom stereocenters. The molecule has 0 saturated carbocycles. The Morgan fingerprint density at radius 1 is 0.429 bits per heavy atom. The van der Waals surface area contributed by atoms with Gasteiger partial charge >= 0.3 is 0 Å². The van der Waals surface area contributed by atoms with Crippen LogP contribution in [0.3, 0.4) is 0 Å². The minimum absolute atomic E-state index is 0. The highest BCUT2D eigenvalue weighted by atomic mass is 127. The first kappa shape index (κ1) is 25.1. The van der Waals surface area contributed by atoms with Gasteiger partial charge in [-0.05, 0) is 0 Å². The highest BCUT2D eigenvalue weighted by molar-refractivity contribution is 14.0. The van der Waals surface area contributed by atoms with Crippen LogP contribution in [0.2, 0.25) is 0 Å². The second-order valence-electron chi connectivity index (χ2n) is 3.47. The highest BCUT2D eigenvalue weighted by Gasteiger charge is 1.88. The van der Waals surface area contributed by atoms with Crippen LogP contribution in [0.1, 0.15) is 71.6 Å². The van der Waals surface area contributed by atoms with E-state index in [1.807, 2.05) is 0 Å². The van der Waals surface area contributed by atoms with Crippen LogP contribution in [0.5, 0.6) is 0 Å². The zero-order chi connectivity index (χ0) is 8.36. The molecule has 0 aliphatic rings. The molecule has 0 N–H and O–H groups in total. The Bertz CT molecular complexity index is 59.6. The zero-order valence-electron chi connectivity index (χ0n) is 9.59. The molecule has 0 amide bonds. The molecule has 0 bridgehead atoms.